The number of thiazole rings is 1. The van der Waals surface area contributed by atoms with Crippen LogP contribution in [0.5, 0.6) is 17.2 Å². The SMILES string of the molecule is CCOc1cc(OCC)c(/C=c2\sc3n(c2=O)[C@@H](c2ccc(OC)cc2)C(C(=O)OC(C)C)=C(C)N=3)cc1Br. The zero-order chi connectivity index (χ0) is 28.3. The second kappa shape index (κ2) is 12.2. The van der Waals surface area contributed by atoms with Gasteiger partial charge in [-0.2, -0.15) is 0 Å². The molecular formula is C29H31BrN2O6S. The fraction of sp³-hybridized carbons (Fsp3) is 0.345. The largest absolute Gasteiger partial charge is 0.497 e. The van der Waals surface area contributed by atoms with Crippen LogP contribution in [0.3, 0.4) is 0 Å². The van der Waals surface area contributed by atoms with Crippen LogP contribution in [0.25, 0.3) is 6.08 Å². The normalized spacial score (nSPS) is 15.2. The number of fused-ring (bicyclic) bond motifs is 1. The number of allylic oxidation sites excluding steroid dienone is 1. The standard InChI is InChI=1S/C29H31BrN2O6S/c1-7-36-22-15-23(37-8-2)21(30)13-19(22)14-24-27(33)32-26(18-9-11-20(35-6)12-10-18)25(28(34)38-16(3)4)17(5)31-29(32)39-24/h9-16,26H,7-8H2,1-6H3/b24-14-/t26-/m0/s1. The smallest absolute Gasteiger partial charge is 0.338 e. The molecule has 1 aliphatic rings. The summed E-state index contributed by atoms with van der Waals surface area (Å²) in [6.45, 7) is 10.1. The number of hydrogen-bond donors (Lipinski definition) is 0. The Bertz CT molecular complexity index is 1590. The van der Waals surface area contributed by atoms with Crippen LogP contribution in [0, 0.1) is 0 Å². The molecule has 0 N–H and O–H groups in total. The molecule has 0 unspecified atom stereocenters. The summed E-state index contributed by atoms with van der Waals surface area (Å²) >= 11 is 4.81. The average molecular weight is 616 g/mol. The molecule has 2 heterocycles. The number of carbonyl (C=O) groups excluding carboxylic acids is 1. The summed E-state index contributed by atoms with van der Waals surface area (Å²) in [6.07, 6.45) is 1.46. The molecule has 4 rings (SSSR count). The molecule has 1 atom stereocenters. The van der Waals surface area contributed by atoms with Gasteiger partial charge in [-0.25, -0.2) is 9.79 Å². The van der Waals surface area contributed by atoms with Gasteiger partial charge in [0.2, 0.25) is 0 Å². The monoisotopic (exact) mass is 614 g/mol. The first-order chi connectivity index (χ1) is 18.7. The van der Waals surface area contributed by atoms with Gasteiger partial charge in [-0.05, 0) is 80.4 Å². The maximum Gasteiger partial charge on any atom is 0.338 e. The molecule has 206 valence electrons. The van der Waals surface area contributed by atoms with Gasteiger partial charge in [0.25, 0.3) is 5.56 Å². The average Bonchev–Trinajstić information content (AvgIpc) is 3.19. The van der Waals surface area contributed by atoms with Crippen LogP contribution in [0.1, 0.15) is 51.8 Å². The lowest BCUT2D eigenvalue weighted by Crippen LogP contribution is -2.40. The molecule has 0 bridgehead atoms. The van der Waals surface area contributed by atoms with E-state index in [1.807, 2.05) is 38.1 Å². The summed E-state index contributed by atoms with van der Waals surface area (Å²) in [4.78, 5) is 32.4. The van der Waals surface area contributed by atoms with Crippen LogP contribution in [-0.4, -0.2) is 37.0 Å². The van der Waals surface area contributed by atoms with E-state index in [0.717, 1.165) is 10.0 Å². The van der Waals surface area contributed by atoms with Crippen LogP contribution in [-0.2, 0) is 9.53 Å². The maximum absolute atomic E-state index is 14.0. The van der Waals surface area contributed by atoms with Gasteiger partial charge in [-0.15, -0.1) is 0 Å². The number of hydrogen-bond acceptors (Lipinski definition) is 8. The van der Waals surface area contributed by atoms with E-state index >= 15 is 0 Å². The third-order valence-corrected chi connectivity index (χ3v) is 7.57. The van der Waals surface area contributed by atoms with Crippen molar-refractivity contribution in [3.8, 4) is 17.2 Å². The van der Waals surface area contributed by atoms with Crippen LogP contribution < -0.4 is 29.1 Å². The fourth-order valence-corrected chi connectivity index (χ4v) is 5.83. The fourth-order valence-electron chi connectivity index (χ4n) is 4.31. The number of halogens is 1. The van der Waals surface area contributed by atoms with E-state index in [2.05, 4.69) is 20.9 Å². The van der Waals surface area contributed by atoms with Gasteiger partial charge in [0.15, 0.2) is 4.80 Å². The van der Waals surface area contributed by atoms with Gasteiger partial charge >= 0.3 is 5.97 Å². The van der Waals surface area contributed by atoms with Crippen LogP contribution in [0.4, 0.5) is 0 Å². The predicted molar refractivity (Wildman–Crippen MR) is 154 cm³/mol. The number of aromatic nitrogens is 1. The Morgan fingerprint density at radius 2 is 1.79 bits per heavy atom. The van der Waals surface area contributed by atoms with E-state index in [1.165, 1.54) is 11.3 Å². The van der Waals surface area contributed by atoms with Gasteiger partial charge in [0, 0.05) is 11.6 Å². The van der Waals surface area contributed by atoms with Gasteiger partial charge in [0.05, 0.1) is 52.7 Å². The number of benzene rings is 2. The molecule has 0 fully saturated rings. The summed E-state index contributed by atoms with van der Waals surface area (Å²) < 4.78 is 25.2. The highest BCUT2D eigenvalue weighted by atomic mass is 79.9. The molecule has 0 amide bonds. The summed E-state index contributed by atoms with van der Waals surface area (Å²) in [5.41, 5.74) is 2.02. The van der Waals surface area contributed by atoms with Gasteiger partial charge < -0.3 is 18.9 Å². The first kappa shape index (κ1) is 28.6. The first-order valence-corrected chi connectivity index (χ1v) is 14.3. The van der Waals surface area contributed by atoms with Crippen molar-refractivity contribution in [2.24, 2.45) is 4.99 Å². The second-order valence-corrected chi connectivity index (χ2v) is 10.9. The molecule has 2 aromatic carbocycles. The summed E-state index contributed by atoms with van der Waals surface area (Å²) in [5.74, 6) is 1.42. The third kappa shape index (κ3) is 5.96. The van der Waals surface area contributed by atoms with E-state index in [1.54, 1.807) is 50.7 Å². The summed E-state index contributed by atoms with van der Waals surface area (Å²) in [5, 5.41) is 0. The lowest BCUT2D eigenvalue weighted by atomic mass is 9.96. The zero-order valence-electron chi connectivity index (χ0n) is 22.7. The Morgan fingerprint density at radius 1 is 1.13 bits per heavy atom. The zero-order valence-corrected chi connectivity index (χ0v) is 25.1. The molecule has 1 aliphatic heterocycles. The lowest BCUT2D eigenvalue weighted by molar-refractivity contribution is -0.143. The van der Waals surface area contributed by atoms with Crippen molar-refractivity contribution >= 4 is 39.3 Å². The van der Waals surface area contributed by atoms with Crippen molar-refractivity contribution in [2.75, 3.05) is 20.3 Å². The highest BCUT2D eigenvalue weighted by molar-refractivity contribution is 9.10. The molecule has 0 aliphatic carbocycles. The molecule has 0 saturated carbocycles. The van der Waals surface area contributed by atoms with Crippen molar-refractivity contribution in [3.63, 3.8) is 0 Å². The molecule has 39 heavy (non-hydrogen) atoms. The molecule has 0 spiro atoms. The molecule has 0 radical (unpaired) electrons. The molecule has 0 saturated heterocycles. The van der Waals surface area contributed by atoms with E-state index < -0.39 is 12.0 Å². The number of esters is 1. The third-order valence-electron chi connectivity index (χ3n) is 5.97. The topological polar surface area (TPSA) is 88.3 Å². The van der Waals surface area contributed by atoms with E-state index in [9.17, 15) is 9.59 Å². The van der Waals surface area contributed by atoms with Crippen LogP contribution in [0.2, 0.25) is 0 Å². The number of carbonyl (C=O) groups is 1. The molecule has 10 heteroatoms. The Labute approximate surface area is 239 Å². The quantitative estimate of drug-likeness (QED) is 0.323. The highest BCUT2D eigenvalue weighted by Gasteiger charge is 2.33. The molecule has 3 aromatic rings. The number of nitrogens with zero attached hydrogens (tertiary/aromatic N) is 2. The molecule has 8 nitrogen and oxygen atoms in total. The molecular weight excluding hydrogens is 584 g/mol. The highest BCUT2D eigenvalue weighted by Crippen LogP contribution is 2.34. The van der Waals surface area contributed by atoms with Crippen molar-refractivity contribution in [3.05, 3.63) is 83.0 Å². The maximum atomic E-state index is 14.0. The van der Waals surface area contributed by atoms with Gasteiger partial charge in [-0.1, -0.05) is 23.5 Å². The van der Waals surface area contributed by atoms with Crippen molar-refractivity contribution in [1.29, 1.82) is 0 Å². The Morgan fingerprint density at radius 3 is 2.41 bits per heavy atom. The Balaban J connectivity index is 1.93. The minimum atomic E-state index is -0.709. The minimum absolute atomic E-state index is 0.269. The first-order valence-electron chi connectivity index (χ1n) is 12.6. The summed E-state index contributed by atoms with van der Waals surface area (Å²) in [7, 11) is 1.59. The van der Waals surface area contributed by atoms with Crippen molar-refractivity contribution in [1.82, 2.24) is 4.57 Å². The van der Waals surface area contributed by atoms with Gasteiger partial charge in [-0.3, -0.25) is 9.36 Å². The van der Waals surface area contributed by atoms with Gasteiger partial charge in [0.1, 0.15) is 17.2 Å². The van der Waals surface area contributed by atoms with E-state index in [4.69, 9.17) is 18.9 Å². The van der Waals surface area contributed by atoms with E-state index in [-0.39, 0.29) is 11.7 Å². The number of rotatable bonds is 9. The number of ether oxygens (including phenoxy) is 4. The Kier molecular flexibility index (Phi) is 8.97. The van der Waals surface area contributed by atoms with Crippen LogP contribution >= 0.6 is 27.3 Å². The van der Waals surface area contributed by atoms with Crippen molar-refractivity contribution < 1.29 is 23.7 Å². The van der Waals surface area contributed by atoms with Crippen molar-refractivity contribution in [2.45, 2.75) is 46.8 Å². The number of methoxy groups -OCH3 is 1. The van der Waals surface area contributed by atoms with E-state index in [0.29, 0.717) is 56.6 Å². The predicted octanol–water partition coefficient (Wildman–Crippen LogP) is 4.76. The molecule has 1 aromatic heterocycles. The Hall–Kier alpha value is -3.37. The minimum Gasteiger partial charge on any atom is -0.497 e. The van der Waals surface area contributed by atoms with Crippen LogP contribution in [0.15, 0.2) is 61.9 Å². The second-order valence-electron chi connectivity index (χ2n) is 9.00. The summed E-state index contributed by atoms with van der Waals surface area (Å²) in [6, 6.07) is 10.3. The lowest BCUT2D eigenvalue weighted by Gasteiger charge is -2.25.